The van der Waals surface area contributed by atoms with Gasteiger partial charge in [-0.25, -0.2) is 4.79 Å². The molecule has 1 heterocycles. The Bertz CT molecular complexity index is 151. The lowest BCUT2D eigenvalue weighted by Gasteiger charge is -2.30. The summed E-state index contributed by atoms with van der Waals surface area (Å²) in [6.45, 7) is 2.60. The molecule has 4 heteroatoms. The monoisotopic (exact) mass is 207 g/mol. The Hall–Kier alpha value is -0.250. The molecule has 0 N–H and O–H groups in total. The summed E-state index contributed by atoms with van der Waals surface area (Å²) < 4.78 is 4.95. The molecule has 0 spiro atoms. The summed E-state index contributed by atoms with van der Waals surface area (Å²) in [7, 11) is 1.72. The van der Waals surface area contributed by atoms with Gasteiger partial charge in [0.05, 0.1) is 4.83 Å². The van der Waals surface area contributed by atoms with Crippen LogP contribution in [0.3, 0.4) is 0 Å². The molecule has 0 saturated carbocycles. The fraction of sp³-hybridized carbons (Fsp3) is 0.833. The lowest BCUT2D eigenvalue weighted by molar-refractivity contribution is 0.0471. The largest absolute Gasteiger partial charge is 0.445 e. The molecule has 0 radical (unpaired) electrons. The molecular weight excluding hydrogens is 198 g/mol. The Morgan fingerprint density at radius 2 is 2.40 bits per heavy atom. The van der Waals surface area contributed by atoms with Gasteiger partial charge in [0, 0.05) is 13.6 Å². The van der Waals surface area contributed by atoms with Crippen LogP contribution in [0.25, 0.3) is 0 Å². The zero-order valence-corrected chi connectivity index (χ0v) is 7.59. The lowest BCUT2D eigenvalue weighted by atomic mass is 10.2. The Labute approximate surface area is 68.5 Å². The van der Waals surface area contributed by atoms with Crippen LogP contribution in [0, 0.1) is 0 Å². The molecule has 0 aromatic heterocycles. The Morgan fingerprint density at radius 1 is 1.80 bits per heavy atom. The fourth-order valence-electron chi connectivity index (χ4n) is 0.807. The van der Waals surface area contributed by atoms with Crippen LogP contribution in [0.15, 0.2) is 0 Å². The molecule has 0 aliphatic carbocycles. The number of hydrogen-bond acceptors (Lipinski definition) is 2. The zero-order chi connectivity index (χ0) is 7.72. The quantitative estimate of drug-likeness (QED) is 0.560. The van der Waals surface area contributed by atoms with Crippen molar-refractivity contribution in [3.8, 4) is 0 Å². The third-order valence-electron chi connectivity index (χ3n) is 1.56. The maximum absolute atomic E-state index is 10.8. The van der Waals surface area contributed by atoms with Crippen LogP contribution in [-0.4, -0.2) is 35.5 Å². The molecule has 1 aliphatic heterocycles. The number of carbonyl (C=O) groups excluding carboxylic acids is 1. The van der Waals surface area contributed by atoms with Crippen molar-refractivity contribution in [3.63, 3.8) is 0 Å². The number of rotatable bonds is 0. The first-order chi connectivity index (χ1) is 4.61. The number of carbonyl (C=O) groups is 1. The number of ether oxygens (including phenoxy) is 1. The number of cyclic esters (lactones) is 1. The summed E-state index contributed by atoms with van der Waals surface area (Å²) in [5.74, 6) is 0. The standard InChI is InChI=1S/C6H10BrNO2/c1-4-5(7)3-8(2)6(9)10-4/h4-5H,3H2,1-2H3. The second kappa shape index (κ2) is 2.78. The van der Waals surface area contributed by atoms with Crippen LogP contribution >= 0.6 is 15.9 Å². The minimum Gasteiger partial charge on any atom is -0.445 e. The van der Waals surface area contributed by atoms with E-state index in [1.165, 1.54) is 0 Å². The van der Waals surface area contributed by atoms with Crippen LogP contribution in [0.1, 0.15) is 6.92 Å². The van der Waals surface area contributed by atoms with Gasteiger partial charge in [0.2, 0.25) is 0 Å². The predicted molar refractivity (Wildman–Crippen MR) is 41.3 cm³/mol. The van der Waals surface area contributed by atoms with Crippen LogP contribution in [-0.2, 0) is 4.74 Å². The number of amides is 1. The van der Waals surface area contributed by atoms with E-state index in [1.807, 2.05) is 6.92 Å². The highest BCUT2D eigenvalue weighted by Crippen LogP contribution is 2.16. The van der Waals surface area contributed by atoms with E-state index in [-0.39, 0.29) is 17.0 Å². The van der Waals surface area contributed by atoms with Gasteiger partial charge in [-0.2, -0.15) is 0 Å². The van der Waals surface area contributed by atoms with Gasteiger partial charge in [0.15, 0.2) is 0 Å². The third kappa shape index (κ3) is 1.42. The highest BCUT2D eigenvalue weighted by atomic mass is 79.9. The van der Waals surface area contributed by atoms with Crippen molar-refractivity contribution < 1.29 is 9.53 Å². The van der Waals surface area contributed by atoms with Crippen molar-refractivity contribution in [2.24, 2.45) is 0 Å². The summed E-state index contributed by atoms with van der Waals surface area (Å²) in [5.41, 5.74) is 0. The first-order valence-corrected chi connectivity index (χ1v) is 4.08. The molecule has 1 fully saturated rings. The lowest BCUT2D eigenvalue weighted by Crippen LogP contribution is -2.45. The normalized spacial score (nSPS) is 33.9. The van der Waals surface area contributed by atoms with Gasteiger partial charge in [-0.05, 0) is 6.92 Å². The molecule has 58 valence electrons. The van der Waals surface area contributed by atoms with Crippen molar-refractivity contribution in [3.05, 3.63) is 0 Å². The van der Waals surface area contributed by atoms with Gasteiger partial charge in [0.25, 0.3) is 0 Å². The summed E-state index contributed by atoms with van der Waals surface area (Å²) in [5, 5.41) is 0. The van der Waals surface area contributed by atoms with Crippen molar-refractivity contribution in [1.29, 1.82) is 0 Å². The van der Waals surface area contributed by atoms with E-state index >= 15 is 0 Å². The Kier molecular flexibility index (Phi) is 2.18. The summed E-state index contributed by atoms with van der Waals surface area (Å²) in [4.78, 5) is 12.6. The molecule has 0 aromatic rings. The zero-order valence-electron chi connectivity index (χ0n) is 6.00. The maximum atomic E-state index is 10.8. The van der Waals surface area contributed by atoms with Gasteiger partial charge < -0.3 is 9.64 Å². The van der Waals surface area contributed by atoms with Crippen molar-refractivity contribution in [2.75, 3.05) is 13.6 Å². The van der Waals surface area contributed by atoms with E-state index in [0.717, 1.165) is 6.54 Å². The highest BCUT2D eigenvalue weighted by molar-refractivity contribution is 9.09. The van der Waals surface area contributed by atoms with Crippen LogP contribution in [0.4, 0.5) is 4.79 Å². The molecule has 3 nitrogen and oxygen atoms in total. The summed E-state index contributed by atoms with van der Waals surface area (Å²) in [6.07, 6.45) is -0.244. The van der Waals surface area contributed by atoms with E-state index in [4.69, 9.17) is 4.74 Å². The molecule has 1 saturated heterocycles. The number of halogens is 1. The van der Waals surface area contributed by atoms with Crippen LogP contribution < -0.4 is 0 Å². The third-order valence-corrected chi connectivity index (χ3v) is 2.59. The molecule has 1 rings (SSSR count). The van der Waals surface area contributed by atoms with Gasteiger partial charge in [-0.15, -0.1) is 0 Å². The molecule has 0 aromatic carbocycles. The van der Waals surface area contributed by atoms with Gasteiger partial charge >= 0.3 is 6.09 Å². The SMILES string of the molecule is CC1OC(=O)N(C)CC1Br. The van der Waals surface area contributed by atoms with E-state index in [1.54, 1.807) is 11.9 Å². The molecule has 2 atom stereocenters. The second-order valence-corrected chi connectivity index (χ2v) is 3.66. The molecular formula is C6H10BrNO2. The van der Waals surface area contributed by atoms with Gasteiger partial charge in [-0.1, -0.05) is 15.9 Å². The maximum Gasteiger partial charge on any atom is 0.409 e. The molecule has 1 aliphatic rings. The minimum absolute atomic E-state index is 0.0105. The van der Waals surface area contributed by atoms with Crippen molar-refractivity contribution in [1.82, 2.24) is 4.90 Å². The highest BCUT2D eigenvalue weighted by Gasteiger charge is 2.28. The van der Waals surface area contributed by atoms with Gasteiger partial charge in [0.1, 0.15) is 6.10 Å². The average Bonchev–Trinajstić information content (AvgIpc) is 1.84. The Morgan fingerprint density at radius 3 is 2.90 bits per heavy atom. The number of alkyl halides is 1. The van der Waals surface area contributed by atoms with Crippen molar-refractivity contribution >= 4 is 22.0 Å². The summed E-state index contributed by atoms with van der Waals surface area (Å²) in [6, 6.07) is 0. The van der Waals surface area contributed by atoms with Crippen LogP contribution in [0.5, 0.6) is 0 Å². The van der Waals surface area contributed by atoms with E-state index in [2.05, 4.69) is 15.9 Å². The molecule has 1 amide bonds. The van der Waals surface area contributed by atoms with Crippen molar-refractivity contribution in [2.45, 2.75) is 17.9 Å². The molecule has 10 heavy (non-hydrogen) atoms. The minimum atomic E-state index is -0.233. The van der Waals surface area contributed by atoms with E-state index in [0.29, 0.717) is 0 Å². The molecule has 0 bridgehead atoms. The topological polar surface area (TPSA) is 29.5 Å². The fourth-order valence-corrected chi connectivity index (χ4v) is 1.35. The molecule has 2 unspecified atom stereocenters. The summed E-state index contributed by atoms with van der Waals surface area (Å²) >= 11 is 3.40. The first kappa shape index (κ1) is 7.85. The number of hydrogen-bond donors (Lipinski definition) is 0. The Balaban J connectivity index is 2.54. The van der Waals surface area contributed by atoms with E-state index < -0.39 is 0 Å². The average molecular weight is 208 g/mol. The van der Waals surface area contributed by atoms with E-state index in [9.17, 15) is 4.79 Å². The first-order valence-electron chi connectivity index (χ1n) is 3.17. The van der Waals surface area contributed by atoms with Crippen LogP contribution in [0.2, 0.25) is 0 Å². The van der Waals surface area contributed by atoms with Gasteiger partial charge in [-0.3, -0.25) is 0 Å². The predicted octanol–water partition coefficient (Wildman–Crippen LogP) is 1.22. The second-order valence-electron chi connectivity index (χ2n) is 2.49. The smallest absolute Gasteiger partial charge is 0.409 e. The number of nitrogens with zero attached hydrogens (tertiary/aromatic N) is 1.